The Morgan fingerprint density at radius 1 is 1.67 bits per heavy atom. The van der Waals surface area contributed by atoms with E-state index in [2.05, 4.69) is 0 Å². The quantitative estimate of drug-likeness (QED) is 0.366. The van der Waals surface area contributed by atoms with Gasteiger partial charge < -0.3 is 9.90 Å². The van der Waals surface area contributed by atoms with Gasteiger partial charge in [0.05, 0.1) is 5.97 Å². The minimum absolute atomic E-state index is 0. The van der Waals surface area contributed by atoms with E-state index in [0.717, 1.165) is 6.08 Å². The Morgan fingerprint density at radius 3 is 2.42 bits per heavy atom. The molecule has 0 spiro atoms. The Labute approximate surface area is 94.1 Å². The van der Waals surface area contributed by atoms with Crippen molar-refractivity contribution >= 4 is 5.97 Å². The molecule has 0 N–H and O–H groups in total. The second-order valence-electron chi connectivity index (χ2n) is 2.41. The molecule has 0 bridgehead atoms. The van der Waals surface area contributed by atoms with Crippen LogP contribution in [0.3, 0.4) is 0 Å². The molecule has 0 aromatic carbocycles. The molecule has 12 heavy (non-hydrogen) atoms. The van der Waals surface area contributed by atoms with E-state index in [4.69, 9.17) is 0 Å². The maximum Gasteiger partial charge on any atom is 1.00 e. The van der Waals surface area contributed by atoms with Crippen LogP contribution in [0.25, 0.3) is 0 Å². The van der Waals surface area contributed by atoms with E-state index in [0.29, 0.717) is 12.8 Å². The van der Waals surface area contributed by atoms with Gasteiger partial charge in [-0.2, -0.15) is 0 Å². The summed E-state index contributed by atoms with van der Waals surface area (Å²) in [5.41, 5.74) is 0.0579. The average Bonchev–Trinajstić information content (AvgIpc) is 1.86. The first-order valence-corrected chi connectivity index (χ1v) is 3.64. The third kappa shape index (κ3) is 6.83. The van der Waals surface area contributed by atoms with Crippen LogP contribution < -0.4 is 34.7 Å². The maximum absolute atomic E-state index is 12.3. The fraction of sp³-hybridized carbons (Fsp3) is 0.625. The van der Waals surface area contributed by atoms with Crippen molar-refractivity contribution in [1.82, 2.24) is 0 Å². The van der Waals surface area contributed by atoms with E-state index < -0.39 is 12.1 Å². The first kappa shape index (κ1) is 14.7. The van der Waals surface area contributed by atoms with Gasteiger partial charge in [0.25, 0.3) is 0 Å². The van der Waals surface area contributed by atoms with Crippen molar-refractivity contribution in [3.05, 3.63) is 11.6 Å². The number of hydrogen-bond acceptors (Lipinski definition) is 2. The van der Waals surface area contributed by atoms with E-state index in [1.807, 2.05) is 6.92 Å². The van der Waals surface area contributed by atoms with Crippen LogP contribution in [0.15, 0.2) is 11.6 Å². The smallest absolute Gasteiger partial charge is 0.545 e. The Bertz CT molecular complexity index is 166. The number of carbonyl (C=O) groups is 1. The number of allylic oxidation sites excluding steroid dienone is 1. The molecule has 0 saturated heterocycles. The minimum atomic E-state index is -1.27. The normalized spacial score (nSPS) is 13.4. The molecule has 64 valence electrons. The van der Waals surface area contributed by atoms with E-state index in [9.17, 15) is 14.3 Å². The Hall–Kier alpha value is 0.140. The zero-order valence-corrected chi connectivity index (χ0v) is 9.76. The molecular formula is C8H12FNaO2. The fourth-order valence-electron chi connectivity index (χ4n) is 0.800. The van der Waals surface area contributed by atoms with Crippen LogP contribution in [0.5, 0.6) is 0 Å². The monoisotopic (exact) mass is 182 g/mol. The van der Waals surface area contributed by atoms with Gasteiger partial charge in [0.1, 0.15) is 6.17 Å². The van der Waals surface area contributed by atoms with Crippen LogP contribution in [-0.2, 0) is 4.79 Å². The predicted octanol–water partition coefficient (Wildman–Crippen LogP) is -2.18. The molecule has 0 aliphatic heterocycles. The number of carboxylic acid groups (broad SMARTS) is 1. The summed E-state index contributed by atoms with van der Waals surface area (Å²) in [6, 6.07) is 0. The van der Waals surface area contributed by atoms with Crippen molar-refractivity contribution in [1.29, 1.82) is 0 Å². The number of hydrogen-bond donors (Lipinski definition) is 0. The van der Waals surface area contributed by atoms with Crippen molar-refractivity contribution in [2.45, 2.75) is 32.9 Å². The van der Waals surface area contributed by atoms with Gasteiger partial charge in [0.2, 0.25) is 0 Å². The van der Waals surface area contributed by atoms with E-state index >= 15 is 0 Å². The summed E-state index contributed by atoms with van der Waals surface area (Å²) in [6.45, 7) is 3.12. The number of aliphatic carboxylic acids is 1. The molecule has 1 unspecified atom stereocenters. The second-order valence-corrected chi connectivity index (χ2v) is 2.41. The fourth-order valence-corrected chi connectivity index (χ4v) is 0.800. The maximum atomic E-state index is 12.3. The van der Waals surface area contributed by atoms with Crippen LogP contribution in [0.2, 0.25) is 0 Å². The molecular weight excluding hydrogens is 170 g/mol. The van der Waals surface area contributed by atoms with Crippen molar-refractivity contribution in [3.8, 4) is 0 Å². The number of carbonyl (C=O) groups excluding carboxylic acids is 1. The Morgan fingerprint density at radius 2 is 2.17 bits per heavy atom. The van der Waals surface area contributed by atoms with Crippen LogP contribution >= 0.6 is 0 Å². The molecule has 0 amide bonds. The molecule has 0 rings (SSSR count). The van der Waals surface area contributed by atoms with E-state index in [1.54, 1.807) is 0 Å². The van der Waals surface area contributed by atoms with E-state index in [-0.39, 0.29) is 35.1 Å². The Kier molecular flexibility index (Phi) is 9.49. The zero-order chi connectivity index (χ0) is 8.85. The molecule has 0 aromatic heterocycles. The van der Waals surface area contributed by atoms with Gasteiger partial charge >= 0.3 is 29.6 Å². The Balaban J connectivity index is 0. The SMILES string of the molecule is CCC/C(=C/C(C)F)C(=O)[O-].[Na+]. The number of rotatable bonds is 4. The van der Waals surface area contributed by atoms with Gasteiger partial charge in [-0.3, -0.25) is 0 Å². The van der Waals surface area contributed by atoms with Crippen molar-refractivity contribution in [2.75, 3.05) is 0 Å². The summed E-state index contributed by atoms with van der Waals surface area (Å²) >= 11 is 0. The van der Waals surface area contributed by atoms with E-state index in [1.165, 1.54) is 6.92 Å². The summed E-state index contributed by atoms with van der Waals surface area (Å²) in [5, 5.41) is 10.3. The van der Waals surface area contributed by atoms with Crippen LogP contribution in [-0.4, -0.2) is 12.1 Å². The summed E-state index contributed by atoms with van der Waals surface area (Å²) in [6.07, 6.45) is 0.927. The predicted molar refractivity (Wildman–Crippen MR) is 38.6 cm³/mol. The molecule has 0 heterocycles. The molecule has 1 atom stereocenters. The van der Waals surface area contributed by atoms with Crippen LogP contribution in [0, 0.1) is 0 Å². The van der Waals surface area contributed by atoms with Crippen LogP contribution in [0.4, 0.5) is 4.39 Å². The summed E-state index contributed by atoms with van der Waals surface area (Å²) in [7, 11) is 0. The molecule has 4 heteroatoms. The minimum Gasteiger partial charge on any atom is -0.545 e. The zero-order valence-electron chi connectivity index (χ0n) is 7.76. The van der Waals surface area contributed by atoms with Gasteiger partial charge in [-0.25, -0.2) is 4.39 Å². The number of carboxylic acids is 1. The molecule has 0 saturated carbocycles. The first-order valence-electron chi connectivity index (χ1n) is 3.64. The summed E-state index contributed by atoms with van der Waals surface area (Å²) in [5.74, 6) is -1.27. The van der Waals surface area contributed by atoms with Gasteiger partial charge in [-0.1, -0.05) is 13.3 Å². The number of alkyl halides is 1. The number of halogens is 1. The topological polar surface area (TPSA) is 40.1 Å². The van der Waals surface area contributed by atoms with Crippen LogP contribution in [0.1, 0.15) is 26.7 Å². The third-order valence-electron chi connectivity index (χ3n) is 1.21. The van der Waals surface area contributed by atoms with Crippen molar-refractivity contribution in [3.63, 3.8) is 0 Å². The molecule has 2 nitrogen and oxygen atoms in total. The second kappa shape index (κ2) is 7.77. The van der Waals surface area contributed by atoms with Gasteiger partial charge in [0, 0.05) is 0 Å². The first-order chi connectivity index (χ1) is 5.07. The van der Waals surface area contributed by atoms with Crippen molar-refractivity contribution in [2.24, 2.45) is 0 Å². The molecule has 0 aliphatic rings. The molecule has 0 aliphatic carbocycles. The van der Waals surface area contributed by atoms with Crippen molar-refractivity contribution < 1.29 is 43.8 Å². The van der Waals surface area contributed by atoms with Gasteiger partial charge in [-0.05, 0) is 25.0 Å². The summed E-state index contributed by atoms with van der Waals surface area (Å²) < 4.78 is 12.3. The average molecular weight is 182 g/mol. The molecule has 0 fully saturated rings. The third-order valence-corrected chi connectivity index (χ3v) is 1.21. The standard InChI is InChI=1S/C8H13FO2.Na/c1-3-4-7(8(10)11)5-6(2)9;/h5-6H,3-4H2,1-2H3,(H,10,11);/q;+1/p-1/b7-5-;. The largest absolute Gasteiger partial charge is 1.00 e. The molecule has 0 radical (unpaired) electrons. The van der Waals surface area contributed by atoms with Gasteiger partial charge in [0.15, 0.2) is 0 Å². The molecule has 0 aromatic rings. The summed E-state index contributed by atoms with van der Waals surface area (Å²) in [4.78, 5) is 10.3. The van der Waals surface area contributed by atoms with Gasteiger partial charge in [-0.15, -0.1) is 0 Å².